The van der Waals surface area contributed by atoms with Gasteiger partial charge in [0.2, 0.25) is 0 Å². The van der Waals surface area contributed by atoms with Crippen molar-refractivity contribution >= 4 is 0 Å². The zero-order valence-electron chi connectivity index (χ0n) is 9.71. The molecule has 1 aromatic carbocycles. The van der Waals surface area contributed by atoms with Gasteiger partial charge in [-0.05, 0) is 25.1 Å². The van der Waals surface area contributed by atoms with Crippen molar-refractivity contribution in [1.82, 2.24) is 5.32 Å². The van der Waals surface area contributed by atoms with E-state index in [1.165, 1.54) is 11.1 Å². The molecule has 2 rings (SSSR count). The van der Waals surface area contributed by atoms with Crippen molar-refractivity contribution in [2.45, 2.75) is 26.3 Å². The summed E-state index contributed by atoms with van der Waals surface area (Å²) < 4.78 is 5.73. The first kappa shape index (κ1) is 10.5. The molecule has 0 saturated carbocycles. The maximum atomic E-state index is 5.73. The van der Waals surface area contributed by atoms with Crippen LogP contribution in [0.1, 0.15) is 31.0 Å². The number of benzene rings is 1. The Morgan fingerprint density at radius 1 is 1.47 bits per heavy atom. The number of aryl methyl sites for hydroxylation is 1. The quantitative estimate of drug-likeness (QED) is 0.801. The summed E-state index contributed by atoms with van der Waals surface area (Å²) in [5.74, 6) is 1.58. The monoisotopic (exact) mass is 205 g/mol. The van der Waals surface area contributed by atoms with E-state index in [9.17, 15) is 0 Å². The summed E-state index contributed by atoms with van der Waals surface area (Å²) in [5, 5.41) is 3.38. The minimum absolute atomic E-state index is 0.431. The number of fused-ring (bicyclic) bond motifs is 1. The molecule has 82 valence electrons. The van der Waals surface area contributed by atoms with Gasteiger partial charge in [0.1, 0.15) is 5.75 Å². The van der Waals surface area contributed by atoms with Crippen LogP contribution in [0.4, 0.5) is 0 Å². The number of rotatable bonds is 2. The lowest BCUT2D eigenvalue weighted by Crippen LogP contribution is -2.31. The highest BCUT2D eigenvalue weighted by Crippen LogP contribution is 2.35. The highest BCUT2D eigenvalue weighted by Gasteiger charge is 2.26. The average molecular weight is 205 g/mol. The van der Waals surface area contributed by atoms with E-state index in [0.29, 0.717) is 12.0 Å². The first-order valence-corrected chi connectivity index (χ1v) is 5.69. The summed E-state index contributed by atoms with van der Waals surface area (Å²) in [6.45, 7) is 5.22. The van der Waals surface area contributed by atoms with Crippen LogP contribution in [0.15, 0.2) is 18.2 Å². The SMILES string of the molecule is CCc1ccc2c(c1)C(NC)C(C)CO2. The van der Waals surface area contributed by atoms with E-state index in [1.807, 2.05) is 7.05 Å². The Hall–Kier alpha value is -1.02. The van der Waals surface area contributed by atoms with Gasteiger partial charge in [-0.15, -0.1) is 0 Å². The maximum absolute atomic E-state index is 5.73. The van der Waals surface area contributed by atoms with Gasteiger partial charge < -0.3 is 10.1 Å². The topological polar surface area (TPSA) is 21.3 Å². The molecule has 1 aromatic rings. The lowest BCUT2D eigenvalue weighted by molar-refractivity contribution is 0.193. The largest absolute Gasteiger partial charge is 0.493 e. The molecule has 0 aromatic heterocycles. The molecular weight excluding hydrogens is 186 g/mol. The molecule has 1 aliphatic rings. The minimum atomic E-state index is 0.431. The minimum Gasteiger partial charge on any atom is -0.493 e. The van der Waals surface area contributed by atoms with Crippen LogP contribution >= 0.6 is 0 Å². The Balaban J connectivity index is 2.41. The third-order valence-electron chi connectivity index (χ3n) is 3.20. The molecule has 0 amide bonds. The van der Waals surface area contributed by atoms with Gasteiger partial charge in [0.25, 0.3) is 0 Å². The molecule has 15 heavy (non-hydrogen) atoms. The Labute approximate surface area is 91.6 Å². The highest BCUT2D eigenvalue weighted by atomic mass is 16.5. The molecular formula is C13H19NO. The molecule has 1 heterocycles. The predicted molar refractivity (Wildman–Crippen MR) is 62.3 cm³/mol. The third kappa shape index (κ3) is 1.86. The zero-order chi connectivity index (χ0) is 10.8. The van der Waals surface area contributed by atoms with E-state index in [1.54, 1.807) is 0 Å². The molecule has 0 radical (unpaired) electrons. The molecule has 2 heteroatoms. The fourth-order valence-corrected chi connectivity index (χ4v) is 2.26. The van der Waals surface area contributed by atoms with E-state index in [0.717, 1.165) is 18.8 Å². The second-order valence-electron chi connectivity index (χ2n) is 4.28. The summed E-state index contributed by atoms with van der Waals surface area (Å²) in [7, 11) is 2.02. The number of hydrogen-bond acceptors (Lipinski definition) is 2. The van der Waals surface area contributed by atoms with E-state index < -0.39 is 0 Å². The Kier molecular flexibility index (Phi) is 2.96. The Bertz CT molecular complexity index is 348. The third-order valence-corrected chi connectivity index (χ3v) is 3.20. The molecule has 2 atom stereocenters. The standard InChI is InChI=1S/C13H19NO/c1-4-10-5-6-12-11(7-10)13(14-3)9(2)8-15-12/h5-7,9,13-14H,4,8H2,1-3H3. The summed E-state index contributed by atoms with van der Waals surface area (Å²) in [6, 6.07) is 6.96. The van der Waals surface area contributed by atoms with Gasteiger partial charge in [-0.2, -0.15) is 0 Å². The van der Waals surface area contributed by atoms with Gasteiger partial charge in [-0.25, -0.2) is 0 Å². The van der Waals surface area contributed by atoms with Crippen molar-refractivity contribution < 1.29 is 4.74 Å². The molecule has 1 N–H and O–H groups in total. The second kappa shape index (κ2) is 4.23. The van der Waals surface area contributed by atoms with Crippen LogP contribution in [-0.4, -0.2) is 13.7 Å². The lowest BCUT2D eigenvalue weighted by Gasteiger charge is -2.31. The highest BCUT2D eigenvalue weighted by molar-refractivity contribution is 5.41. The van der Waals surface area contributed by atoms with Gasteiger partial charge in [0, 0.05) is 17.5 Å². The number of ether oxygens (including phenoxy) is 1. The van der Waals surface area contributed by atoms with Gasteiger partial charge in [-0.1, -0.05) is 26.0 Å². The van der Waals surface area contributed by atoms with Crippen molar-refractivity contribution in [3.63, 3.8) is 0 Å². The van der Waals surface area contributed by atoms with E-state index >= 15 is 0 Å². The Morgan fingerprint density at radius 3 is 2.93 bits per heavy atom. The van der Waals surface area contributed by atoms with Crippen molar-refractivity contribution in [2.24, 2.45) is 5.92 Å². The van der Waals surface area contributed by atoms with E-state index in [-0.39, 0.29) is 0 Å². The fraction of sp³-hybridized carbons (Fsp3) is 0.538. The number of hydrogen-bond donors (Lipinski definition) is 1. The van der Waals surface area contributed by atoms with E-state index in [4.69, 9.17) is 4.74 Å². The zero-order valence-corrected chi connectivity index (χ0v) is 9.71. The summed E-state index contributed by atoms with van der Waals surface area (Å²) in [5.41, 5.74) is 2.70. The van der Waals surface area contributed by atoms with Crippen LogP contribution in [0, 0.1) is 5.92 Å². The van der Waals surface area contributed by atoms with Crippen LogP contribution in [0.3, 0.4) is 0 Å². The number of nitrogens with one attached hydrogen (secondary N) is 1. The summed E-state index contributed by atoms with van der Waals surface area (Å²) in [4.78, 5) is 0. The lowest BCUT2D eigenvalue weighted by atomic mass is 9.91. The van der Waals surface area contributed by atoms with Crippen LogP contribution in [0.25, 0.3) is 0 Å². The van der Waals surface area contributed by atoms with Crippen molar-refractivity contribution in [3.8, 4) is 5.75 Å². The normalized spacial score (nSPS) is 24.5. The van der Waals surface area contributed by atoms with E-state index in [2.05, 4.69) is 37.4 Å². The Morgan fingerprint density at radius 2 is 2.27 bits per heavy atom. The molecule has 0 aliphatic carbocycles. The summed E-state index contributed by atoms with van der Waals surface area (Å²) >= 11 is 0. The molecule has 2 nitrogen and oxygen atoms in total. The van der Waals surface area contributed by atoms with Crippen molar-refractivity contribution in [3.05, 3.63) is 29.3 Å². The molecule has 0 spiro atoms. The van der Waals surface area contributed by atoms with Crippen molar-refractivity contribution in [1.29, 1.82) is 0 Å². The van der Waals surface area contributed by atoms with Crippen LogP contribution in [0.5, 0.6) is 5.75 Å². The van der Waals surface area contributed by atoms with Crippen LogP contribution in [0.2, 0.25) is 0 Å². The van der Waals surface area contributed by atoms with Gasteiger partial charge in [0.15, 0.2) is 0 Å². The van der Waals surface area contributed by atoms with Crippen LogP contribution in [-0.2, 0) is 6.42 Å². The van der Waals surface area contributed by atoms with Gasteiger partial charge in [0.05, 0.1) is 6.61 Å². The fourth-order valence-electron chi connectivity index (χ4n) is 2.26. The molecule has 1 aliphatic heterocycles. The first-order chi connectivity index (χ1) is 7.26. The maximum Gasteiger partial charge on any atom is 0.124 e. The molecule has 0 fully saturated rings. The van der Waals surface area contributed by atoms with Crippen molar-refractivity contribution in [2.75, 3.05) is 13.7 Å². The molecule has 0 saturated heterocycles. The summed E-state index contributed by atoms with van der Waals surface area (Å²) in [6.07, 6.45) is 1.08. The van der Waals surface area contributed by atoms with Crippen LogP contribution < -0.4 is 10.1 Å². The first-order valence-electron chi connectivity index (χ1n) is 5.69. The second-order valence-corrected chi connectivity index (χ2v) is 4.28. The van der Waals surface area contributed by atoms with Gasteiger partial charge in [-0.3, -0.25) is 0 Å². The van der Waals surface area contributed by atoms with Gasteiger partial charge >= 0.3 is 0 Å². The predicted octanol–water partition coefficient (Wildman–Crippen LogP) is 2.54. The molecule has 2 unspecified atom stereocenters. The molecule has 0 bridgehead atoms. The average Bonchev–Trinajstić information content (AvgIpc) is 2.28. The smallest absolute Gasteiger partial charge is 0.124 e.